The highest BCUT2D eigenvalue weighted by atomic mass is 35.5. The average molecular weight is 443 g/mol. The van der Waals surface area contributed by atoms with Gasteiger partial charge < -0.3 is 10.1 Å². The number of nitrogens with one attached hydrogen (secondary N) is 1. The van der Waals surface area contributed by atoms with Crippen LogP contribution in [0.1, 0.15) is 30.9 Å². The molecule has 8 heteroatoms. The third kappa shape index (κ3) is 6.04. The van der Waals surface area contributed by atoms with Gasteiger partial charge >= 0.3 is 0 Å². The zero-order chi connectivity index (χ0) is 21.0. The molecule has 0 aromatic heterocycles. The van der Waals surface area contributed by atoms with E-state index in [2.05, 4.69) is 10.2 Å². The van der Waals surface area contributed by atoms with Gasteiger partial charge in [0.2, 0.25) is 0 Å². The third-order valence-electron chi connectivity index (χ3n) is 4.73. The highest BCUT2D eigenvalue weighted by Gasteiger charge is 2.25. The highest BCUT2D eigenvalue weighted by Crippen LogP contribution is 2.33. The van der Waals surface area contributed by atoms with Gasteiger partial charge in [-0.05, 0) is 61.8 Å². The lowest BCUT2D eigenvalue weighted by atomic mass is 10.1. The van der Waals surface area contributed by atoms with E-state index in [1.165, 1.54) is 25.0 Å². The number of benzene rings is 2. The molecule has 1 amide bonds. The summed E-state index contributed by atoms with van der Waals surface area (Å²) in [5.74, 6) is -3.25. The molecule has 0 bridgehead atoms. The number of halogens is 4. The van der Waals surface area contributed by atoms with Crippen LogP contribution in [0.3, 0.4) is 0 Å². The van der Waals surface area contributed by atoms with Gasteiger partial charge in [0.25, 0.3) is 11.8 Å². The molecule has 0 unspecified atom stereocenters. The Balaban J connectivity index is 1.55. The van der Waals surface area contributed by atoms with Crippen LogP contribution in [-0.4, -0.2) is 30.5 Å². The summed E-state index contributed by atoms with van der Waals surface area (Å²) in [5, 5.41) is 3.32. The Morgan fingerprint density at radius 3 is 2.48 bits per heavy atom. The summed E-state index contributed by atoms with van der Waals surface area (Å²) in [7, 11) is 0. The summed E-state index contributed by atoms with van der Waals surface area (Å²) in [6, 6.07) is 9.08. The molecule has 4 nitrogen and oxygen atoms in total. The van der Waals surface area contributed by atoms with Crippen LogP contribution in [-0.2, 0) is 17.3 Å². The summed E-state index contributed by atoms with van der Waals surface area (Å²) in [4.78, 5) is 14.5. The van der Waals surface area contributed by atoms with Gasteiger partial charge in [-0.15, -0.1) is 0 Å². The van der Waals surface area contributed by atoms with Crippen LogP contribution in [0, 0.1) is 0 Å². The van der Waals surface area contributed by atoms with E-state index in [9.17, 15) is 13.6 Å². The van der Waals surface area contributed by atoms with E-state index >= 15 is 0 Å². The van der Waals surface area contributed by atoms with E-state index in [0.717, 1.165) is 38.2 Å². The molecule has 0 aliphatic carbocycles. The Kier molecular flexibility index (Phi) is 6.98. The molecule has 1 fully saturated rings. The van der Waals surface area contributed by atoms with E-state index in [1.807, 2.05) is 6.07 Å². The van der Waals surface area contributed by atoms with Crippen LogP contribution < -0.4 is 10.1 Å². The molecule has 1 N–H and O–H groups in total. The first-order valence-electron chi connectivity index (χ1n) is 9.33. The first-order chi connectivity index (χ1) is 13.7. The van der Waals surface area contributed by atoms with Crippen LogP contribution >= 0.6 is 23.2 Å². The fraction of sp³-hybridized carbons (Fsp3) is 0.381. The SMILES string of the molecule is CC(F)(F)c1ccc(OCC(=O)Nc2ccc(CN3CCCC3)c(Cl)c2)c(Cl)c1. The van der Waals surface area contributed by atoms with E-state index in [4.69, 9.17) is 27.9 Å². The maximum absolute atomic E-state index is 13.3. The zero-order valence-corrected chi connectivity index (χ0v) is 17.5. The number of ether oxygens (including phenoxy) is 1. The number of rotatable bonds is 7. The van der Waals surface area contributed by atoms with Gasteiger partial charge in [-0.2, -0.15) is 0 Å². The van der Waals surface area contributed by atoms with Gasteiger partial charge in [-0.3, -0.25) is 9.69 Å². The fourth-order valence-electron chi connectivity index (χ4n) is 3.17. The van der Waals surface area contributed by atoms with Crippen LogP contribution in [0.25, 0.3) is 0 Å². The monoisotopic (exact) mass is 442 g/mol. The van der Waals surface area contributed by atoms with Gasteiger partial charge in [0.1, 0.15) is 5.75 Å². The quantitative estimate of drug-likeness (QED) is 0.596. The van der Waals surface area contributed by atoms with Crippen molar-refractivity contribution in [3.05, 3.63) is 57.6 Å². The lowest BCUT2D eigenvalue weighted by Gasteiger charge is -2.16. The van der Waals surface area contributed by atoms with E-state index in [0.29, 0.717) is 10.7 Å². The normalized spacial score (nSPS) is 14.8. The number of anilines is 1. The molecule has 29 heavy (non-hydrogen) atoms. The Hall–Kier alpha value is -1.89. The third-order valence-corrected chi connectivity index (χ3v) is 5.37. The van der Waals surface area contributed by atoms with Gasteiger partial charge in [-0.25, -0.2) is 8.78 Å². The van der Waals surface area contributed by atoms with Crippen molar-refractivity contribution >= 4 is 34.8 Å². The molecule has 2 aromatic rings. The minimum absolute atomic E-state index is 0.0196. The fourth-order valence-corrected chi connectivity index (χ4v) is 3.64. The Labute approximate surface area is 178 Å². The topological polar surface area (TPSA) is 41.6 Å². The number of amides is 1. The van der Waals surface area contributed by atoms with Crippen molar-refractivity contribution in [2.45, 2.75) is 32.2 Å². The first-order valence-corrected chi connectivity index (χ1v) is 10.1. The molecule has 3 rings (SSSR count). The number of alkyl halides is 2. The zero-order valence-electron chi connectivity index (χ0n) is 16.0. The molecule has 156 valence electrons. The summed E-state index contributed by atoms with van der Waals surface area (Å²) >= 11 is 12.3. The number of hydrogen-bond acceptors (Lipinski definition) is 3. The molecule has 0 atom stereocenters. The van der Waals surface area contributed by atoms with Crippen molar-refractivity contribution in [2.75, 3.05) is 25.0 Å². The van der Waals surface area contributed by atoms with Crippen molar-refractivity contribution in [3.63, 3.8) is 0 Å². The largest absolute Gasteiger partial charge is 0.482 e. The van der Waals surface area contributed by atoms with Gasteiger partial charge in [-0.1, -0.05) is 29.3 Å². The summed E-state index contributed by atoms with van der Waals surface area (Å²) in [5.41, 5.74) is 1.35. The molecule has 2 aromatic carbocycles. The summed E-state index contributed by atoms with van der Waals surface area (Å²) in [6.07, 6.45) is 2.42. The Bertz CT molecular complexity index is 881. The predicted octanol–water partition coefficient (Wildman–Crippen LogP) is 5.72. The molecule has 1 aliphatic rings. The first kappa shape index (κ1) is 21.8. The van der Waals surface area contributed by atoms with Gasteiger partial charge in [0, 0.05) is 29.7 Å². The second kappa shape index (κ2) is 9.28. The molecule has 1 aliphatic heterocycles. The molecule has 0 spiro atoms. The number of carbonyl (C=O) groups is 1. The second-order valence-electron chi connectivity index (χ2n) is 7.16. The predicted molar refractivity (Wildman–Crippen MR) is 111 cm³/mol. The van der Waals surface area contributed by atoms with Crippen molar-refractivity contribution in [1.82, 2.24) is 4.90 Å². The van der Waals surface area contributed by atoms with Crippen molar-refractivity contribution in [2.24, 2.45) is 0 Å². The van der Waals surface area contributed by atoms with Crippen LogP contribution in [0.15, 0.2) is 36.4 Å². The lowest BCUT2D eigenvalue weighted by Crippen LogP contribution is -2.21. The standard InChI is InChI=1S/C21H22Cl2F2N2O2/c1-21(24,25)15-5-7-19(18(23)10-15)29-13-20(28)26-16-6-4-14(17(22)11-16)12-27-8-2-3-9-27/h4-7,10-11H,2-3,8-9,12-13H2,1H3,(H,26,28). The highest BCUT2D eigenvalue weighted by molar-refractivity contribution is 6.32. The van der Waals surface area contributed by atoms with Gasteiger partial charge in [0.05, 0.1) is 5.02 Å². The Morgan fingerprint density at radius 2 is 1.86 bits per heavy atom. The maximum Gasteiger partial charge on any atom is 0.270 e. The number of hydrogen-bond donors (Lipinski definition) is 1. The molecule has 0 saturated carbocycles. The van der Waals surface area contributed by atoms with E-state index in [-0.39, 0.29) is 22.9 Å². The molecular weight excluding hydrogens is 421 g/mol. The summed E-state index contributed by atoms with van der Waals surface area (Å²) in [6.45, 7) is 3.42. The minimum Gasteiger partial charge on any atom is -0.482 e. The van der Waals surface area contributed by atoms with E-state index < -0.39 is 11.8 Å². The second-order valence-corrected chi connectivity index (χ2v) is 7.97. The number of nitrogens with zero attached hydrogens (tertiary/aromatic N) is 1. The van der Waals surface area contributed by atoms with Crippen molar-refractivity contribution in [1.29, 1.82) is 0 Å². The van der Waals surface area contributed by atoms with Crippen LogP contribution in [0.5, 0.6) is 5.75 Å². The van der Waals surface area contributed by atoms with E-state index in [1.54, 1.807) is 12.1 Å². The maximum atomic E-state index is 13.3. The molecule has 0 radical (unpaired) electrons. The van der Waals surface area contributed by atoms with Crippen molar-refractivity contribution < 1.29 is 18.3 Å². The number of likely N-dealkylation sites (tertiary alicyclic amines) is 1. The lowest BCUT2D eigenvalue weighted by molar-refractivity contribution is -0.118. The minimum atomic E-state index is -3.00. The molecule has 1 saturated heterocycles. The Morgan fingerprint density at radius 1 is 1.14 bits per heavy atom. The molecule has 1 heterocycles. The number of carbonyl (C=O) groups excluding carboxylic acids is 1. The molecular formula is C21H22Cl2F2N2O2. The smallest absolute Gasteiger partial charge is 0.270 e. The average Bonchev–Trinajstić information content (AvgIpc) is 3.15. The van der Waals surface area contributed by atoms with Crippen LogP contribution in [0.2, 0.25) is 10.0 Å². The van der Waals surface area contributed by atoms with Gasteiger partial charge in [0.15, 0.2) is 6.61 Å². The van der Waals surface area contributed by atoms with Crippen molar-refractivity contribution in [3.8, 4) is 5.75 Å². The van der Waals surface area contributed by atoms with Crippen LogP contribution in [0.4, 0.5) is 14.5 Å². The summed E-state index contributed by atoms with van der Waals surface area (Å²) < 4.78 is 32.0.